The van der Waals surface area contributed by atoms with Gasteiger partial charge in [-0.1, -0.05) is 6.07 Å². The van der Waals surface area contributed by atoms with E-state index in [4.69, 9.17) is 5.11 Å². The Bertz CT molecular complexity index is 673. The Hall–Kier alpha value is -2.30. The van der Waals surface area contributed by atoms with Crippen LogP contribution in [0.25, 0.3) is 10.9 Å². The number of aromatic amines is 1. The summed E-state index contributed by atoms with van der Waals surface area (Å²) in [4.78, 5) is 27.7. The molecule has 0 aliphatic carbocycles. The van der Waals surface area contributed by atoms with E-state index in [-0.39, 0.29) is 5.91 Å². The molecule has 0 bridgehead atoms. The van der Waals surface area contributed by atoms with Crippen LogP contribution in [0.1, 0.15) is 25.8 Å². The van der Waals surface area contributed by atoms with Crippen LogP contribution >= 0.6 is 0 Å². The van der Waals surface area contributed by atoms with Crippen LogP contribution in [0.2, 0.25) is 0 Å². The summed E-state index contributed by atoms with van der Waals surface area (Å²) < 4.78 is 0. The van der Waals surface area contributed by atoms with Gasteiger partial charge in [-0.15, -0.1) is 0 Å². The van der Waals surface area contributed by atoms with Crippen molar-refractivity contribution < 1.29 is 14.7 Å². The van der Waals surface area contributed by atoms with Crippen LogP contribution in [0.5, 0.6) is 0 Å². The number of H-pyrrole nitrogens is 1. The largest absolute Gasteiger partial charge is 0.480 e. The van der Waals surface area contributed by atoms with Crippen molar-refractivity contribution in [1.29, 1.82) is 0 Å². The van der Waals surface area contributed by atoms with E-state index < -0.39 is 11.5 Å². The van der Waals surface area contributed by atoms with Crippen LogP contribution in [-0.4, -0.2) is 39.5 Å². The second-order valence-corrected chi connectivity index (χ2v) is 5.72. The molecule has 0 aliphatic heterocycles. The standard InChI is InChI=1S/C16H20N2O3/c1-16(2,15(20)21)18(3)14(19)7-5-11-4-6-13-12(10-11)8-9-17-13/h4,6,8-10,17H,5,7H2,1-3H3,(H,20,21). The smallest absolute Gasteiger partial charge is 0.329 e. The number of carbonyl (C=O) groups excluding carboxylic acids is 1. The molecule has 0 atom stereocenters. The van der Waals surface area contributed by atoms with Gasteiger partial charge in [-0.2, -0.15) is 0 Å². The van der Waals surface area contributed by atoms with E-state index in [1.165, 1.54) is 25.8 Å². The van der Waals surface area contributed by atoms with E-state index in [1.807, 2.05) is 30.5 Å². The number of hydrogen-bond donors (Lipinski definition) is 2. The maximum Gasteiger partial charge on any atom is 0.329 e. The number of benzene rings is 1. The molecule has 21 heavy (non-hydrogen) atoms. The molecule has 0 aliphatic rings. The summed E-state index contributed by atoms with van der Waals surface area (Å²) in [6, 6.07) is 8.00. The van der Waals surface area contributed by atoms with Gasteiger partial charge in [0.1, 0.15) is 5.54 Å². The molecule has 1 aromatic carbocycles. The second-order valence-electron chi connectivity index (χ2n) is 5.72. The monoisotopic (exact) mass is 288 g/mol. The topological polar surface area (TPSA) is 73.4 Å². The molecule has 1 amide bonds. The number of likely N-dealkylation sites (N-methyl/N-ethyl adjacent to an activating group) is 1. The summed E-state index contributed by atoms with van der Waals surface area (Å²) in [6.07, 6.45) is 2.77. The van der Waals surface area contributed by atoms with E-state index in [0.29, 0.717) is 12.8 Å². The Morgan fingerprint density at radius 1 is 1.29 bits per heavy atom. The quantitative estimate of drug-likeness (QED) is 0.887. The van der Waals surface area contributed by atoms with Crippen LogP contribution in [0.15, 0.2) is 30.5 Å². The summed E-state index contributed by atoms with van der Waals surface area (Å²) in [5.74, 6) is -1.18. The first-order valence-electron chi connectivity index (χ1n) is 6.88. The third-order valence-electron chi connectivity index (χ3n) is 3.98. The van der Waals surface area contributed by atoms with Crippen LogP contribution in [0.3, 0.4) is 0 Å². The molecule has 0 saturated carbocycles. The van der Waals surface area contributed by atoms with Gasteiger partial charge in [0, 0.05) is 25.2 Å². The Morgan fingerprint density at radius 3 is 2.67 bits per heavy atom. The lowest BCUT2D eigenvalue weighted by Gasteiger charge is -2.31. The first-order chi connectivity index (χ1) is 9.82. The number of aryl methyl sites for hydroxylation is 1. The molecular formula is C16H20N2O3. The molecule has 5 heteroatoms. The Balaban J connectivity index is 2.01. The van der Waals surface area contributed by atoms with Crippen molar-refractivity contribution in [1.82, 2.24) is 9.88 Å². The van der Waals surface area contributed by atoms with Crippen molar-refractivity contribution in [3.8, 4) is 0 Å². The summed E-state index contributed by atoms with van der Waals surface area (Å²) in [7, 11) is 1.53. The zero-order valence-corrected chi connectivity index (χ0v) is 12.5. The number of fused-ring (bicyclic) bond motifs is 1. The van der Waals surface area contributed by atoms with Gasteiger partial charge in [0.05, 0.1) is 0 Å². The molecular weight excluding hydrogens is 268 g/mol. The molecule has 0 unspecified atom stereocenters. The van der Waals surface area contributed by atoms with Crippen molar-refractivity contribution in [2.75, 3.05) is 7.05 Å². The Labute approximate surface area is 123 Å². The summed E-state index contributed by atoms with van der Waals surface area (Å²) >= 11 is 0. The lowest BCUT2D eigenvalue weighted by molar-refractivity contribution is -0.155. The first-order valence-corrected chi connectivity index (χ1v) is 6.88. The number of carbonyl (C=O) groups is 2. The zero-order valence-electron chi connectivity index (χ0n) is 12.5. The molecule has 5 nitrogen and oxygen atoms in total. The summed E-state index contributed by atoms with van der Waals surface area (Å²) in [6.45, 7) is 3.05. The SMILES string of the molecule is CN(C(=O)CCc1ccc2[nH]ccc2c1)C(C)(C)C(=O)O. The third-order valence-corrected chi connectivity index (χ3v) is 3.98. The number of nitrogens with one attached hydrogen (secondary N) is 1. The highest BCUT2D eigenvalue weighted by Gasteiger charge is 2.34. The van der Waals surface area contributed by atoms with Gasteiger partial charge in [0.2, 0.25) is 5.91 Å². The maximum atomic E-state index is 12.1. The number of amides is 1. The van der Waals surface area contributed by atoms with Crippen LogP contribution in [0.4, 0.5) is 0 Å². The summed E-state index contributed by atoms with van der Waals surface area (Å²) in [5, 5.41) is 10.3. The highest BCUT2D eigenvalue weighted by Crippen LogP contribution is 2.18. The number of carboxylic acids is 1. The minimum absolute atomic E-state index is 0.170. The Morgan fingerprint density at radius 2 is 2.00 bits per heavy atom. The molecule has 2 rings (SSSR count). The van der Waals surface area contributed by atoms with E-state index in [0.717, 1.165) is 16.5 Å². The predicted octanol–water partition coefficient (Wildman–Crippen LogP) is 2.42. The number of rotatable bonds is 5. The molecule has 1 aromatic heterocycles. The van der Waals surface area contributed by atoms with Gasteiger partial charge >= 0.3 is 5.97 Å². The van der Waals surface area contributed by atoms with E-state index in [1.54, 1.807) is 0 Å². The zero-order chi connectivity index (χ0) is 15.6. The first kappa shape index (κ1) is 15.1. The highest BCUT2D eigenvalue weighted by atomic mass is 16.4. The third kappa shape index (κ3) is 3.07. The predicted molar refractivity (Wildman–Crippen MR) is 81.1 cm³/mol. The number of aromatic nitrogens is 1. The molecule has 0 saturated heterocycles. The molecule has 0 fully saturated rings. The van der Waals surface area contributed by atoms with Crippen LogP contribution in [-0.2, 0) is 16.0 Å². The van der Waals surface area contributed by atoms with Gasteiger partial charge in [0.15, 0.2) is 0 Å². The molecule has 2 aromatic rings. The normalized spacial score (nSPS) is 11.6. The van der Waals surface area contributed by atoms with Gasteiger partial charge in [0.25, 0.3) is 0 Å². The van der Waals surface area contributed by atoms with Gasteiger partial charge in [-0.25, -0.2) is 4.79 Å². The van der Waals surface area contributed by atoms with Crippen molar-refractivity contribution >= 4 is 22.8 Å². The fourth-order valence-electron chi connectivity index (χ4n) is 2.13. The van der Waals surface area contributed by atoms with E-state index in [9.17, 15) is 9.59 Å². The number of aliphatic carboxylic acids is 1. The number of hydrogen-bond acceptors (Lipinski definition) is 2. The van der Waals surface area contributed by atoms with E-state index in [2.05, 4.69) is 4.98 Å². The Kier molecular flexibility index (Phi) is 4.02. The van der Waals surface area contributed by atoms with Gasteiger partial charge in [-0.3, -0.25) is 4.79 Å². The molecule has 2 N–H and O–H groups in total. The van der Waals surface area contributed by atoms with Crippen LogP contribution < -0.4 is 0 Å². The molecule has 1 heterocycles. The average molecular weight is 288 g/mol. The van der Waals surface area contributed by atoms with E-state index >= 15 is 0 Å². The minimum Gasteiger partial charge on any atom is -0.480 e. The van der Waals surface area contributed by atoms with Crippen molar-refractivity contribution in [2.45, 2.75) is 32.2 Å². The maximum absolute atomic E-state index is 12.1. The minimum atomic E-state index is -1.19. The second kappa shape index (κ2) is 5.60. The van der Waals surface area contributed by atoms with Crippen molar-refractivity contribution in [3.05, 3.63) is 36.0 Å². The fraction of sp³-hybridized carbons (Fsp3) is 0.375. The average Bonchev–Trinajstić information content (AvgIpc) is 2.91. The molecule has 0 radical (unpaired) electrons. The number of carboxylic acid groups (broad SMARTS) is 1. The van der Waals surface area contributed by atoms with Gasteiger partial charge < -0.3 is 15.0 Å². The van der Waals surface area contributed by atoms with Crippen LogP contribution in [0, 0.1) is 0 Å². The van der Waals surface area contributed by atoms with Gasteiger partial charge in [-0.05, 0) is 49.4 Å². The summed E-state index contributed by atoms with van der Waals surface area (Å²) in [5.41, 5.74) is 0.938. The number of nitrogens with zero attached hydrogens (tertiary/aromatic N) is 1. The fourth-order valence-corrected chi connectivity index (χ4v) is 2.13. The molecule has 112 valence electrons. The van der Waals surface area contributed by atoms with Crippen molar-refractivity contribution in [2.24, 2.45) is 0 Å². The molecule has 0 spiro atoms. The van der Waals surface area contributed by atoms with Crippen molar-refractivity contribution in [3.63, 3.8) is 0 Å². The lowest BCUT2D eigenvalue weighted by Crippen LogP contribution is -2.50. The highest BCUT2D eigenvalue weighted by molar-refractivity contribution is 5.86. The lowest BCUT2D eigenvalue weighted by atomic mass is 10.0.